The number of halogens is 9. The fourth-order valence-electron chi connectivity index (χ4n) is 2.44. The van der Waals surface area contributed by atoms with E-state index in [0.717, 1.165) is 16.2 Å². The van der Waals surface area contributed by atoms with Gasteiger partial charge in [-0.25, -0.2) is 0 Å². The minimum atomic E-state index is -4.47. The molecule has 0 atom stereocenters. The van der Waals surface area contributed by atoms with Gasteiger partial charge in [0.15, 0.2) is 5.82 Å². The van der Waals surface area contributed by atoms with Crippen molar-refractivity contribution in [1.29, 1.82) is 0 Å². The molecule has 0 saturated carbocycles. The predicted octanol–water partition coefficient (Wildman–Crippen LogP) is 5.63. The zero-order valence-corrected chi connectivity index (χ0v) is 23.7. The summed E-state index contributed by atoms with van der Waals surface area (Å²) in [5, 5.41) is 21.6. The number of aromatic nitrogens is 9. The third-order valence-corrected chi connectivity index (χ3v) is 5.54. The van der Waals surface area contributed by atoms with Gasteiger partial charge in [0.1, 0.15) is 23.3 Å². The van der Waals surface area contributed by atoms with Gasteiger partial charge < -0.3 is 13.7 Å². The normalized spacial score (nSPS) is 11.7. The van der Waals surface area contributed by atoms with Gasteiger partial charge in [-0.3, -0.25) is 0 Å². The second kappa shape index (κ2) is 13.5. The summed E-state index contributed by atoms with van der Waals surface area (Å²) in [7, 11) is 4.85. The van der Waals surface area contributed by atoms with E-state index in [1.54, 1.807) is 11.6 Å². The van der Waals surface area contributed by atoms with Crippen LogP contribution in [0.15, 0.2) is 0 Å². The van der Waals surface area contributed by atoms with Crippen LogP contribution >= 0.6 is 69.6 Å². The van der Waals surface area contributed by atoms with Crippen molar-refractivity contribution in [2.75, 3.05) is 0 Å². The maximum Gasteiger partial charge on any atom is 0.451 e. The number of hydrogen-bond acceptors (Lipinski definition) is 6. The number of alkyl halides is 9. The Kier molecular flexibility index (Phi) is 12.3. The van der Waals surface area contributed by atoms with Crippen LogP contribution in [0.25, 0.3) is 0 Å². The topological polar surface area (TPSA) is 92.1 Å². The molecular weight excluding hydrogens is 600 g/mol. The summed E-state index contributed by atoms with van der Waals surface area (Å²) in [6.07, 6.45) is -4.47. The van der Waals surface area contributed by atoms with Crippen molar-refractivity contribution in [3.63, 3.8) is 0 Å². The van der Waals surface area contributed by atoms with Crippen LogP contribution in [0.4, 0.5) is 13.2 Å². The molecule has 198 valence electrons. The summed E-state index contributed by atoms with van der Waals surface area (Å²) in [6.45, 7) is 4.17. The largest absolute Gasteiger partial charge is 0.451 e. The lowest BCUT2D eigenvalue weighted by Crippen LogP contribution is -2.13. The van der Waals surface area contributed by atoms with E-state index in [4.69, 9.17) is 69.6 Å². The third kappa shape index (κ3) is 8.78. The summed E-state index contributed by atoms with van der Waals surface area (Å²) in [4.78, 5) is 0. The van der Waals surface area contributed by atoms with Crippen LogP contribution in [-0.4, -0.2) is 44.3 Å². The Bertz CT molecular complexity index is 1010. The van der Waals surface area contributed by atoms with E-state index in [9.17, 15) is 13.2 Å². The Morgan fingerprint density at radius 2 is 1.03 bits per heavy atom. The molecule has 3 aromatic heterocycles. The summed E-state index contributed by atoms with van der Waals surface area (Å²) in [5.41, 5.74) is 0. The fourth-order valence-corrected chi connectivity index (χ4v) is 3.64. The molecule has 3 aromatic rings. The molecule has 0 bridgehead atoms. The molecule has 0 spiro atoms. The molecule has 0 aliphatic heterocycles. The van der Waals surface area contributed by atoms with E-state index in [0.29, 0.717) is 17.6 Å². The second-order valence-electron chi connectivity index (χ2n) is 7.08. The molecule has 0 aliphatic carbocycles. The number of nitrogens with zero attached hydrogens (tertiary/aromatic N) is 9. The molecular formula is C17H22Cl6F3N9. The maximum absolute atomic E-state index is 12.0. The zero-order valence-electron chi connectivity index (χ0n) is 19.1. The predicted molar refractivity (Wildman–Crippen MR) is 130 cm³/mol. The van der Waals surface area contributed by atoms with Crippen LogP contribution in [-0.2, 0) is 48.8 Å². The first-order valence-electron chi connectivity index (χ1n) is 9.56. The number of hydrogen-bond donors (Lipinski definition) is 0. The molecule has 0 N–H and O–H groups in total. The molecule has 3 rings (SSSR count). The minimum absolute atomic E-state index is 0.0837. The highest BCUT2D eigenvalue weighted by molar-refractivity contribution is 6.66. The van der Waals surface area contributed by atoms with Crippen molar-refractivity contribution in [2.45, 2.75) is 47.4 Å². The van der Waals surface area contributed by atoms with Crippen molar-refractivity contribution in [2.24, 2.45) is 21.1 Å². The lowest BCUT2D eigenvalue weighted by Gasteiger charge is -2.09. The van der Waals surface area contributed by atoms with Gasteiger partial charge in [-0.05, 0) is 0 Å². The lowest BCUT2D eigenvalue weighted by atomic mass is 10.2. The van der Waals surface area contributed by atoms with Gasteiger partial charge in [-0.15, -0.1) is 65.4 Å². The highest BCUT2D eigenvalue weighted by Crippen LogP contribution is 2.36. The van der Waals surface area contributed by atoms with Gasteiger partial charge in [0.2, 0.25) is 9.62 Å². The molecule has 35 heavy (non-hydrogen) atoms. The van der Waals surface area contributed by atoms with Crippen LogP contribution in [0.5, 0.6) is 0 Å². The van der Waals surface area contributed by atoms with Gasteiger partial charge in [0.05, 0.1) is 17.6 Å². The Labute approximate surface area is 229 Å². The average molecular weight is 622 g/mol. The van der Waals surface area contributed by atoms with E-state index in [1.807, 2.05) is 11.6 Å². The first kappa shape index (κ1) is 32.0. The Balaban J connectivity index is 0.000000263. The molecule has 0 saturated heterocycles. The smallest absolute Gasteiger partial charge is 0.317 e. The molecule has 0 aliphatic rings. The SMILES string of the molecule is CC(C)c1nnc(CCl)n1C.Cn1c(CCl)nnc1C(Cl)(Cl)Cl.Cn1c(CCl)nnc1C(F)(F)F. The minimum Gasteiger partial charge on any atom is -0.317 e. The Morgan fingerprint density at radius 1 is 0.657 bits per heavy atom. The van der Waals surface area contributed by atoms with Crippen LogP contribution < -0.4 is 0 Å². The van der Waals surface area contributed by atoms with Gasteiger partial charge in [-0.1, -0.05) is 48.7 Å². The second-order valence-corrected chi connectivity index (χ2v) is 10.2. The van der Waals surface area contributed by atoms with Crippen LogP contribution in [0.3, 0.4) is 0 Å². The first-order chi connectivity index (χ1) is 16.1. The summed E-state index contributed by atoms with van der Waals surface area (Å²) >= 11 is 33.3. The van der Waals surface area contributed by atoms with E-state index < -0.39 is 15.8 Å². The summed E-state index contributed by atoms with van der Waals surface area (Å²) in [6, 6.07) is 0. The van der Waals surface area contributed by atoms with E-state index in [2.05, 4.69) is 44.4 Å². The fraction of sp³-hybridized carbons (Fsp3) is 0.647. The maximum atomic E-state index is 12.0. The molecule has 0 aromatic carbocycles. The highest BCUT2D eigenvalue weighted by Gasteiger charge is 2.37. The van der Waals surface area contributed by atoms with Crippen LogP contribution in [0.1, 0.15) is 54.7 Å². The van der Waals surface area contributed by atoms with Gasteiger partial charge in [0.25, 0.3) is 0 Å². The third-order valence-electron chi connectivity index (χ3n) is 4.31. The summed E-state index contributed by atoms with van der Waals surface area (Å²) < 4.78 is 38.9. The molecule has 9 nitrogen and oxygen atoms in total. The van der Waals surface area contributed by atoms with Gasteiger partial charge in [0, 0.05) is 27.1 Å². The Hall–Kier alpha value is -1.05. The van der Waals surface area contributed by atoms with E-state index in [-0.39, 0.29) is 23.4 Å². The van der Waals surface area contributed by atoms with Crippen molar-refractivity contribution in [3.05, 3.63) is 34.9 Å². The molecule has 0 radical (unpaired) electrons. The zero-order chi connectivity index (χ0) is 27.1. The standard InChI is InChI=1S/C7H12ClN3.C5H5Cl4N3.C5H5ClF3N3/c1-5(2)7-10-9-6(4-8)11(7)3;2*1-12-3(2-6)10-11-4(12)5(7,8)9/h5H,4H2,1-3H3;2*2H2,1H3. The van der Waals surface area contributed by atoms with Crippen molar-refractivity contribution in [3.8, 4) is 0 Å². The average Bonchev–Trinajstić information content (AvgIpc) is 3.43. The lowest BCUT2D eigenvalue weighted by molar-refractivity contribution is -0.147. The molecule has 18 heteroatoms. The highest BCUT2D eigenvalue weighted by atomic mass is 35.6. The van der Waals surface area contributed by atoms with Crippen molar-refractivity contribution < 1.29 is 13.2 Å². The monoisotopic (exact) mass is 619 g/mol. The summed E-state index contributed by atoms with van der Waals surface area (Å²) in [5.74, 6) is 2.71. The molecule has 3 heterocycles. The molecule has 0 unspecified atom stereocenters. The van der Waals surface area contributed by atoms with Crippen molar-refractivity contribution >= 4 is 69.6 Å². The van der Waals surface area contributed by atoms with Crippen LogP contribution in [0, 0.1) is 0 Å². The van der Waals surface area contributed by atoms with E-state index in [1.165, 1.54) is 7.05 Å². The van der Waals surface area contributed by atoms with Crippen LogP contribution in [0.2, 0.25) is 0 Å². The van der Waals surface area contributed by atoms with Gasteiger partial charge in [-0.2, -0.15) is 13.2 Å². The first-order valence-corrected chi connectivity index (χ1v) is 12.3. The number of rotatable bonds is 4. The Morgan fingerprint density at radius 3 is 1.26 bits per heavy atom. The molecule has 0 fully saturated rings. The van der Waals surface area contributed by atoms with E-state index >= 15 is 0 Å². The quantitative estimate of drug-likeness (QED) is 0.351. The molecule has 0 amide bonds. The van der Waals surface area contributed by atoms with Gasteiger partial charge >= 0.3 is 6.18 Å². The van der Waals surface area contributed by atoms with Crippen molar-refractivity contribution in [1.82, 2.24) is 44.3 Å².